The fourth-order valence-corrected chi connectivity index (χ4v) is 1.91. The summed E-state index contributed by atoms with van der Waals surface area (Å²) in [6.45, 7) is 0.913. The van der Waals surface area contributed by atoms with E-state index < -0.39 is 6.09 Å². The van der Waals surface area contributed by atoms with Gasteiger partial charge in [-0.15, -0.1) is 6.42 Å². The Labute approximate surface area is 125 Å². The molecule has 3 nitrogen and oxygen atoms in total. The predicted molar refractivity (Wildman–Crippen MR) is 82.3 cm³/mol. The largest absolute Gasteiger partial charge is 0.445 e. The summed E-state index contributed by atoms with van der Waals surface area (Å²) in [5.74, 6) is 2.49. The number of nitrogens with zero attached hydrogens (tertiary/aromatic N) is 1. The highest BCUT2D eigenvalue weighted by atomic mass is 16.6. The van der Waals surface area contributed by atoms with E-state index in [2.05, 4.69) is 5.92 Å². The van der Waals surface area contributed by atoms with Crippen LogP contribution in [-0.4, -0.2) is 17.5 Å². The Bertz CT molecular complexity index is 602. The number of hydrogen-bond donors (Lipinski definition) is 0. The van der Waals surface area contributed by atoms with Gasteiger partial charge in [-0.1, -0.05) is 66.6 Å². The van der Waals surface area contributed by atoms with Crippen molar-refractivity contribution in [3.63, 3.8) is 0 Å². The van der Waals surface area contributed by atoms with Crippen molar-refractivity contribution in [2.24, 2.45) is 0 Å². The highest BCUT2D eigenvalue weighted by Gasteiger charge is 2.14. The molecule has 2 rings (SSSR count). The zero-order chi connectivity index (χ0) is 14.9. The lowest BCUT2D eigenvalue weighted by molar-refractivity contribution is 0.0984. The lowest BCUT2D eigenvalue weighted by Gasteiger charge is -2.20. The van der Waals surface area contributed by atoms with Crippen molar-refractivity contribution in [3.8, 4) is 12.3 Å². The first-order chi connectivity index (χ1) is 10.3. The van der Waals surface area contributed by atoms with Crippen molar-refractivity contribution >= 4 is 6.09 Å². The van der Waals surface area contributed by atoms with Crippen molar-refractivity contribution in [1.29, 1.82) is 0 Å². The number of carbonyl (C=O) groups is 1. The molecular weight excluding hydrogens is 262 g/mol. The Balaban J connectivity index is 1.94. The summed E-state index contributed by atoms with van der Waals surface area (Å²) < 4.78 is 5.31. The minimum absolute atomic E-state index is 0.225. The summed E-state index contributed by atoms with van der Waals surface area (Å²) in [4.78, 5) is 13.6. The molecule has 2 aromatic rings. The second-order valence-electron chi connectivity index (χ2n) is 4.59. The van der Waals surface area contributed by atoms with Gasteiger partial charge in [0, 0.05) is 6.54 Å². The summed E-state index contributed by atoms with van der Waals surface area (Å²) in [5.41, 5.74) is 1.97. The summed E-state index contributed by atoms with van der Waals surface area (Å²) in [6.07, 6.45) is 4.93. The Morgan fingerprint density at radius 2 is 1.57 bits per heavy atom. The van der Waals surface area contributed by atoms with Crippen LogP contribution in [0.2, 0.25) is 0 Å². The molecule has 0 aliphatic rings. The van der Waals surface area contributed by atoms with Crippen LogP contribution in [-0.2, 0) is 17.9 Å². The fourth-order valence-electron chi connectivity index (χ4n) is 1.91. The summed E-state index contributed by atoms with van der Waals surface area (Å²) >= 11 is 0. The van der Waals surface area contributed by atoms with Gasteiger partial charge in [-0.05, 0) is 11.1 Å². The molecule has 0 radical (unpaired) electrons. The molecule has 0 N–H and O–H groups in total. The van der Waals surface area contributed by atoms with E-state index in [1.807, 2.05) is 60.7 Å². The highest BCUT2D eigenvalue weighted by molar-refractivity contribution is 5.68. The molecule has 21 heavy (non-hydrogen) atoms. The quantitative estimate of drug-likeness (QED) is 0.784. The van der Waals surface area contributed by atoms with Crippen LogP contribution < -0.4 is 0 Å². The SMILES string of the molecule is C#CCN(Cc1ccccc1)C(=O)OCc1ccccc1. The van der Waals surface area contributed by atoms with Crippen LogP contribution in [0.15, 0.2) is 60.7 Å². The predicted octanol–water partition coefficient (Wildman–Crippen LogP) is 3.46. The summed E-state index contributed by atoms with van der Waals surface area (Å²) in [7, 11) is 0. The van der Waals surface area contributed by atoms with Crippen LogP contribution in [0.5, 0.6) is 0 Å². The second-order valence-corrected chi connectivity index (χ2v) is 4.59. The highest BCUT2D eigenvalue weighted by Crippen LogP contribution is 2.08. The summed E-state index contributed by atoms with van der Waals surface area (Å²) in [5, 5.41) is 0. The molecule has 106 valence electrons. The van der Waals surface area contributed by atoms with Crippen molar-refractivity contribution in [2.45, 2.75) is 13.2 Å². The first kappa shape index (κ1) is 14.7. The summed E-state index contributed by atoms with van der Waals surface area (Å²) in [6, 6.07) is 19.3. The average Bonchev–Trinajstić information content (AvgIpc) is 2.54. The number of terminal acetylenes is 1. The van der Waals surface area contributed by atoms with Crippen molar-refractivity contribution < 1.29 is 9.53 Å². The van der Waals surface area contributed by atoms with Gasteiger partial charge in [0.1, 0.15) is 6.61 Å². The Morgan fingerprint density at radius 1 is 1.00 bits per heavy atom. The second kappa shape index (κ2) is 7.76. The van der Waals surface area contributed by atoms with Crippen molar-refractivity contribution in [3.05, 3.63) is 71.8 Å². The fraction of sp³-hybridized carbons (Fsp3) is 0.167. The van der Waals surface area contributed by atoms with Gasteiger partial charge in [0.15, 0.2) is 0 Å². The van der Waals surface area contributed by atoms with Crippen LogP contribution in [0.3, 0.4) is 0 Å². The first-order valence-corrected chi connectivity index (χ1v) is 6.72. The number of carbonyl (C=O) groups excluding carboxylic acids is 1. The average molecular weight is 279 g/mol. The van der Waals surface area contributed by atoms with E-state index in [4.69, 9.17) is 11.2 Å². The van der Waals surface area contributed by atoms with Gasteiger partial charge in [-0.3, -0.25) is 4.90 Å². The van der Waals surface area contributed by atoms with Gasteiger partial charge < -0.3 is 4.74 Å². The molecule has 0 aliphatic carbocycles. The number of amides is 1. The zero-order valence-electron chi connectivity index (χ0n) is 11.7. The Hall–Kier alpha value is -2.73. The maximum Gasteiger partial charge on any atom is 0.411 e. The molecule has 2 aromatic carbocycles. The van der Waals surface area contributed by atoms with Crippen LogP contribution >= 0.6 is 0 Å². The molecule has 0 heterocycles. The number of hydrogen-bond acceptors (Lipinski definition) is 2. The van der Waals surface area contributed by atoms with Gasteiger partial charge in [0.25, 0.3) is 0 Å². The van der Waals surface area contributed by atoms with E-state index in [1.165, 1.54) is 4.90 Å². The molecule has 1 amide bonds. The molecule has 3 heteroatoms. The molecule has 0 spiro atoms. The standard InChI is InChI=1S/C18H17NO2/c1-2-13-19(14-16-9-5-3-6-10-16)18(20)21-15-17-11-7-4-8-12-17/h1,3-12H,13-15H2. The molecule has 0 aromatic heterocycles. The first-order valence-electron chi connectivity index (χ1n) is 6.72. The van der Waals surface area contributed by atoms with Crippen molar-refractivity contribution in [1.82, 2.24) is 4.90 Å². The van der Waals surface area contributed by atoms with E-state index in [1.54, 1.807) is 0 Å². The van der Waals surface area contributed by atoms with Crippen LogP contribution in [0.25, 0.3) is 0 Å². The van der Waals surface area contributed by atoms with E-state index in [-0.39, 0.29) is 13.2 Å². The number of rotatable bonds is 5. The Kier molecular flexibility index (Phi) is 5.42. The third-order valence-corrected chi connectivity index (χ3v) is 2.96. The Morgan fingerprint density at radius 3 is 2.14 bits per heavy atom. The minimum Gasteiger partial charge on any atom is -0.445 e. The lowest BCUT2D eigenvalue weighted by atomic mass is 10.2. The smallest absolute Gasteiger partial charge is 0.411 e. The van der Waals surface area contributed by atoms with Crippen LogP contribution in [0.4, 0.5) is 4.79 Å². The lowest BCUT2D eigenvalue weighted by Crippen LogP contribution is -2.31. The van der Waals surface area contributed by atoms with Gasteiger partial charge in [-0.25, -0.2) is 4.79 Å². The van der Waals surface area contributed by atoms with E-state index >= 15 is 0 Å². The molecule has 0 unspecified atom stereocenters. The molecular formula is C18H17NO2. The van der Waals surface area contributed by atoms with Gasteiger partial charge in [0.05, 0.1) is 6.54 Å². The van der Waals surface area contributed by atoms with Crippen LogP contribution in [0.1, 0.15) is 11.1 Å². The van der Waals surface area contributed by atoms with E-state index in [9.17, 15) is 4.79 Å². The van der Waals surface area contributed by atoms with E-state index in [0.717, 1.165) is 11.1 Å². The third kappa shape index (κ3) is 4.70. The molecule has 0 aliphatic heterocycles. The topological polar surface area (TPSA) is 29.5 Å². The van der Waals surface area contributed by atoms with Gasteiger partial charge in [0.2, 0.25) is 0 Å². The maximum absolute atomic E-state index is 12.1. The molecule has 0 atom stereocenters. The molecule has 0 fully saturated rings. The number of ether oxygens (including phenoxy) is 1. The third-order valence-electron chi connectivity index (χ3n) is 2.96. The maximum atomic E-state index is 12.1. The number of benzene rings is 2. The molecule has 0 bridgehead atoms. The van der Waals surface area contributed by atoms with Crippen molar-refractivity contribution in [2.75, 3.05) is 6.54 Å². The van der Waals surface area contributed by atoms with Gasteiger partial charge in [-0.2, -0.15) is 0 Å². The zero-order valence-corrected chi connectivity index (χ0v) is 11.7. The minimum atomic E-state index is -0.402. The van der Waals surface area contributed by atoms with E-state index in [0.29, 0.717) is 6.54 Å². The normalized spacial score (nSPS) is 9.67. The van der Waals surface area contributed by atoms with Crippen LogP contribution in [0, 0.1) is 12.3 Å². The monoisotopic (exact) mass is 279 g/mol. The molecule has 0 saturated carbocycles. The van der Waals surface area contributed by atoms with Gasteiger partial charge >= 0.3 is 6.09 Å². The molecule has 0 saturated heterocycles.